The lowest BCUT2D eigenvalue weighted by Crippen LogP contribution is -2.35. The molecule has 1 rings (SSSR count). The Morgan fingerprint density at radius 2 is 1.11 bits per heavy atom. The van der Waals surface area contributed by atoms with Crippen molar-refractivity contribution >= 4 is 0 Å². The molecule has 162 valence electrons. The van der Waals surface area contributed by atoms with E-state index < -0.39 is 0 Å². The largest absolute Gasteiger partial charge is 0.328 e. The molecule has 0 aromatic heterocycles. The average molecular weight is 380 g/mol. The van der Waals surface area contributed by atoms with Crippen molar-refractivity contribution in [3.8, 4) is 0 Å². The Balaban J connectivity index is 2.69. The molecule has 1 aliphatic carbocycles. The first-order valence-corrected chi connectivity index (χ1v) is 12.1. The van der Waals surface area contributed by atoms with Gasteiger partial charge in [0.15, 0.2) is 0 Å². The van der Waals surface area contributed by atoms with Crippen LogP contribution in [-0.4, -0.2) is 6.04 Å². The van der Waals surface area contributed by atoms with Crippen LogP contribution in [0.4, 0.5) is 0 Å². The average Bonchev–Trinajstić information content (AvgIpc) is 2.51. The Morgan fingerprint density at radius 1 is 0.741 bits per heavy atom. The van der Waals surface area contributed by atoms with Crippen molar-refractivity contribution in [3.05, 3.63) is 0 Å². The Bertz CT molecular complexity index is 406. The fraction of sp³-hybridized carbons (Fsp3) is 1.00. The van der Waals surface area contributed by atoms with E-state index in [9.17, 15) is 0 Å². The third-order valence-corrected chi connectivity index (χ3v) is 8.91. The van der Waals surface area contributed by atoms with E-state index in [0.717, 1.165) is 24.2 Å². The van der Waals surface area contributed by atoms with Gasteiger partial charge in [-0.05, 0) is 79.4 Å². The van der Waals surface area contributed by atoms with Crippen molar-refractivity contribution in [1.29, 1.82) is 0 Å². The van der Waals surface area contributed by atoms with Crippen molar-refractivity contribution in [3.63, 3.8) is 0 Å². The fourth-order valence-electron chi connectivity index (χ4n) is 6.22. The molecular formula is C26H53N. The highest BCUT2D eigenvalue weighted by Gasteiger charge is 2.38. The standard InChI is InChI=1S/C26H53N/c1-10-26(9,11-2)20(3)18-24(5,6)22-14-12-16-23(17-13-15-22)25(7,8)19-21(4)27/h20-23H,10-19,27H2,1-9H3. The molecule has 1 fully saturated rings. The molecule has 0 aromatic carbocycles. The first kappa shape index (κ1) is 25.0. The molecule has 0 saturated heterocycles. The minimum atomic E-state index is 0.324. The molecule has 1 aliphatic rings. The summed E-state index contributed by atoms with van der Waals surface area (Å²) in [6.45, 7) is 22.0. The zero-order valence-corrected chi connectivity index (χ0v) is 20.5. The molecule has 1 saturated carbocycles. The van der Waals surface area contributed by atoms with E-state index in [1.54, 1.807) is 0 Å². The van der Waals surface area contributed by atoms with Crippen molar-refractivity contribution in [2.45, 2.75) is 133 Å². The maximum atomic E-state index is 6.14. The Kier molecular flexibility index (Phi) is 9.38. The van der Waals surface area contributed by atoms with Gasteiger partial charge < -0.3 is 5.73 Å². The molecule has 0 aromatic rings. The summed E-state index contributed by atoms with van der Waals surface area (Å²) < 4.78 is 0. The van der Waals surface area contributed by atoms with Crippen LogP contribution in [0.25, 0.3) is 0 Å². The van der Waals surface area contributed by atoms with Gasteiger partial charge in [0.05, 0.1) is 0 Å². The molecule has 0 heterocycles. The highest BCUT2D eigenvalue weighted by Crippen LogP contribution is 2.48. The monoisotopic (exact) mass is 379 g/mol. The summed E-state index contributed by atoms with van der Waals surface area (Å²) in [5, 5.41) is 0. The quantitative estimate of drug-likeness (QED) is 0.429. The highest BCUT2D eigenvalue weighted by molar-refractivity contribution is 4.89. The molecule has 1 nitrogen and oxygen atoms in total. The van der Waals surface area contributed by atoms with Gasteiger partial charge in [-0.15, -0.1) is 0 Å². The van der Waals surface area contributed by atoms with E-state index in [0.29, 0.717) is 22.3 Å². The number of hydrogen-bond acceptors (Lipinski definition) is 1. The minimum Gasteiger partial charge on any atom is -0.328 e. The maximum Gasteiger partial charge on any atom is 0.00156 e. The molecule has 0 amide bonds. The molecule has 0 aliphatic heterocycles. The normalized spacial score (nSPS) is 25.6. The second-order valence-electron chi connectivity index (χ2n) is 11.9. The topological polar surface area (TPSA) is 26.0 Å². The molecule has 0 radical (unpaired) electrons. The summed E-state index contributed by atoms with van der Waals surface area (Å²) >= 11 is 0. The third kappa shape index (κ3) is 7.06. The molecule has 0 bridgehead atoms. The van der Waals surface area contributed by atoms with Crippen molar-refractivity contribution < 1.29 is 0 Å². The maximum absolute atomic E-state index is 6.14. The summed E-state index contributed by atoms with van der Waals surface area (Å²) in [5.74, 6) is 2.57. The Morgan fingerprint density at radius 3 is 1.44 bits per heavy atom. The predicted octanol–water partition coefficient (Wildman–Crippen LogP) is 8.22. The van der Waals surface area contributed by atoms with Gasteiger partial charge in [0.25, 0.3) is 0 Å². The van der Waals surface area contributed by atoms with Crippen LogP contribution in [0.5, 0.6) is 0 Å². The fourth-order valence-corrected chi connectivity index (χ4v) is 6.22. The van der Waals surface area contributed by atoms with Gasteiger partial charge in [-0.1, -0.05) is 81.1 Å². The van der Waals surface area contributed by atoms with E-state index in [1.165, 1.54) is 57.8 Å². The van der Waals surface area contributed by atoms with Crippen LogP contribution in [0.1, 0.15) is 127 Å². The van der Waals surface area contributed by atoms with E-state index in [1.807, 2.05) is 0 Å². The Labute approximate surface area is 172 Å². The van der Waals surface area contributed by atoms with E-state index in [2.05, 4.69) is 62.3 Å². The van der Waals surface area contributed by atoms with Crippen molar-refractivity contribution in [2.24, 2.45) is 39.7 Å². The first-order chi connectivity index (χ1) is 12.4. The van der Waals surface area contributed by atoms with Gasteiger partial charge in [0.2, 0.25) is 0 Å². The zero-order valence-electron chi connectivity index (χ0n) is 20.5. The summed E-state index contributed by atoms with van der Waals surface area (Å²) in [5.41, 5.74) is 7.51. The predicted molar refractivity (Wildman–Crippen MR) is 123 cm³/mol. The molecule has 1 heteroatoms. The lowest BCUT2D eigenvalue weighted by molar-refractivity contribution is 0.0651. The van der Waals surface area contributed by atoms with E-state index >= 15 is 0 Å². The molecule has 2 unspecified atom stereocenters. The Hall–Kier alpha value is -0.0400. The highest BCUT2D eigenvalue weighted by atomic mass is 14.6. The second-order valence-corrected chi connectivity index (χ2v) is 11.9. The number of hydrogen-bond donors (Lipinski definition) is 1. The van der Waals surface area contributed by atoms with Crippen LogP contribution in [0.3, 0.4) is 0 Å². The van der Waals surface area contributed by atoms with Crippen LogP contribution < -0.4 is 5.73 Å². The van der Waals surface area contributed by atoms with Crippen LogP contribution >= 0.6 is 0 Å². The van der Waals surface area contributed by atoms with Crippen molar-refractivity contribution in [1.82, 2.24) is 0 Å². The zero-order chi connectivity index (χ0) is 20.9. The summed E-state index contributed by atoms with van der Waals surface area (Å²) in [7, 11) is 0. The molecule has 2 atom stereocenters. The van der Waals surface area contributed by atoms with Crippen LogP contribution in [-0.2, 0) is 0 Å². The number of nitrogens with two attached hydrogens (primary N) is 1. The minimum absolute atomic E-state index is 0.324. The van der Waals surface area contributed by atoms with E-state index in [-0.39, 0.29) is 0 Å². The SMILES string of the molecule is CCC(C)(CC)C(C)CC(C)(C)C1CCCC(C(C)(C)CC(C)N)CCC1. The van der Waals surface area contributed by atoms with Gasteiger partial charge in [0, 0.05) is 6.04 Å². The summed E-state index contributed by atoms with van der Waals surface area (Å²) in [4.78, 5) is 0. The lowest BCUT2D eigenvalue weighted by Gasteiger charge is -2.44. The van der Waals surface area contributed by atoms with Crippen LogP contribution in [0, 0.1) is 34.0 Å². The summed E-state index contributed by atoms with van der Waals surface area (Å²) in [6, 6.07) is 0.324. The summed E-state index contributed by atoms with van der Waals surface area (Å²) in [6.07, 6.45) is 13.7. The first-order valence-electron chi connectivity index (χ1n) is 12.1. The van der Waals surface area contributed by atoms with Crippen LogP contribution in [0.2, 0.25) is 0 Å². The second kappa shape index (κ2) is 10.1. The van der Waals surface area contributed by atoms with Gasteiger partial charge in [-0.3, -0.25) is 0 Å². The third-order valence-electron chi connectivity index (χ3n) is 8.91. The van der Waals surface area contributed by atoms with E-state index in [4.69, 9.17) is 5.73 Å². The molecule has 27 heavy (non-hydrogen) atoms. The van der Waals surface area contributed by atoms with Gasteiger partial charge in [-0.25, -0.2) is 0 Å². The van der Waals surface area contributed by atoms with Crippen molar-refractivity contribution in [2.75, 3.05) is 0 Å². The molecule has 2 N–H and O–H groups in total. The van der Waals surface area contributed by atoms with Gasteiger partial charge in [0.1, 0.15) is 0 Å². The smallest absolute Gasteiger partial charge is 0.00156 e. The van der Waals surface area contributed by atoms with Gasteiger partial charge >= 0.3 is 0 Å². The number of rotatable bonds is 9. The lowest BCUT2D eigenvalue weighted by atomic mass is 9.61. The molecule has 0 spiro atoms. The molecular weight excluding hydrogens is 326 g/mol. The van der Waals surface area contributed by atoms with Gasteiger partial charge in [-0.2, -0.15) is 0 Å². The van der Waals surface area contributed by atoms with Crippen LogP contribution in [0.15, 0.2) is 0 Å².